The zero-order valence-corrected chi connectivity index (χ0v) is 17.9. The summed E-state index contributed by atoms with van der Waals surface area (Å²) in [7, 11) is -7.73. The lowest BCUT2D eigenvalue weighted by Gasteiger charge is -2.10. The molecule has 0 heterocycles. The van der Waals surface area contributed by atoms with E-state index in [1.807, 2.05) is 11.6 Å². The molecule has 2 N–H and O–H groups in total. The lowest BCUT2D eigenvalue weighted by atomic mass is 10.2. The molecule has 0 aliphatic heterocycles. The van der Waals surface area contributed by atoms with E-state index in [-0.39, 0.29) is 20.4 Å². The van der Waals surface area contributed by atoms with Gasteiger partial charge in [-0.15, -0.1) is 0 Å². The Kier molecular flexibility index (Phi) is 5.95. The van der Waals surface area contributed by atoms with Crippen molar-refractivity contribution < 1.29 is 21.6 Å². The minimum atomic E-state index is -4.03. The summed E-state index contributed by atoms with van der Waals surface area (Å²) in [6.45, 7) is 3.62. The fraction of sp³-hybridized carbons (Fsp3) is 0.0952. The monoisotopic (exact) mass is 444 g/mol. The molecule has 2 amide bonds. The van der Waals surface area contributed by atoms with Crippen LogP contribution in [-0.4, -0.2) is 22.9 Å². The SMILES string of the molecule is Cc1ccc(S(=O)(=O)NC(=O)Nc2ccc(S(=O)(=O)c3cccc(C)c3)cc2)cc1. The minimum Gasteiger partial charge on any atom is -0.307 e. The van der Waals surface area contributed by atoms with Gasteiger partial charge in [-0.3, -0.25) is 0 Å². The predicted octanol–water partition coefficient (Wildman–Crippen LogP) is 3.65. The second-order valence-electron chi connectivity index (χ2n) is 6.72. The van der Waals surface area contributed by atoms with E-state index in [2.05, 4.69) is 5.32 Å². The van der Waals surface area contributed by atoms with Crippen molar-refractivity contribution in [3.8, 4) is 0 Å². The molecule has 0 radical (unpaired) electrons. The number of carbonyl (C=O) groups is 1. The molecule has 0 aliphatic carbocycles. The number of sulfone groups is 1. The maximum Gasteiger partial charge on any atom is 0.333 e. The molecule has 0 saturated carbocycles. The van der Waals surface area contributed by atoms with Crippen LogP contribution in [0, 0.1) is 13.8 Å². The Morgan fingerprint density at radius 1 is 0.700 bits per heavy atom. The van der Waals surface area contributed by atoms with Crippen molar-refractivity contribution in [1.82, 2.24) is 4.72 Å². The summed E-state index contributed by atoms with van der Waals surface area (Å²) in [5.74, 6) is 0. The smallest absolute Gasteiger partial charge is 0.307 e. The highest BCUT2D eigenvalue weighted by molar-refractivity contribution is 7.91. The van der Waals surface area contributed by atoms with Crippen molar-refractivity contribution in [3.05, 3.63) is 83.9 Å². The second kappa shape index (κ2) is 8.29. The Morgan fingerprint density at radius 2 is 1.30 bits per heavy atom. The maximum absolute atomic E-state index is 12.7. The molecule has 0 fully saturated rings. The zero-order valence-electron chi connectivity index (χ0n) is 16.3. The quantitative estimate of drug-likeness (QED) is 0.624. The average molecular weight is 445 g/mol. The lowest BCUT2D eigenvalue weighted by Crippen LogP contribution is -2.34. The van der Waals surface area contributed by atoms with Gasteiger partial charge in [0.25, 0.3) is 10.0 Å². The number of urea groups is 1. The van der Waals surface area contributed by atoms with Gasteiger partial charge in [-0.25, -0.2) is 26.4 Å². The first-order chi connectivity index (χ1) is 14.1. The number of anilines is 1. The van der Waals surface area contributed by atoms with E-state index in [1.165, 1.54) is 42.5 Å². The Balaban J connectivity index is 1.72. The van der Waals surface area contributed by atoms with Crippen molar-refractivity contribution in [2.24, 2.45) is 0 Å². The molecule has 156 valence electrons. The van der Waals surface area contributed by atoms with Gasteiger partial charge in [0.2, 0.25) is 9.84 Å². The largest absolute Gasteiger partial charge is 0.333 e. The van der Waals surface area contributed by atoms with Gasteiger partial charge in [0.1, 0.15) is 0 Å². The van der Waals surface area contributed by atoms with Gasteiger partial charge in [-0.05, 0) is 67.9 Å². The Bertz CT molecular complexity index is 1280. The van der Waals surface area contributed by atoms with Gasteiger partial charge in [-0.2, -0.15) is 0 Å². The van der Waals surface area contributed by atoms with Gasteiger partial charge in [0.05, 0.1) is 14.7 Å². The van der Waals surface area contributed by atoms with Gasteiger partial charge in [-0.1, -0.05) is 29.8 Å². The molecule has 7 nitrogen and oxygen atoms in total. The summed E-state index contributed by atoms with van der Waals surface area (Å²) < 4.78 is 51.9. The first-order valence-corrected chi connectivity index (χ1v) is 11.9. The molecule has 30 heavy (non-hydrogen) atoms. The molecule has 3 rings (SSSR count). The number of hydrogen-bond donors (Lipinski definition) is 2. The maximum atomic E-state index is 12.7. The van der Waals surface area contributed by atoms with Crippen LogP contribution < -0.4 is 10.0 Å². The molecule has 3 aromatic rings. The second-order valence-corrected chi connectivity index (χ2v) is 10.3. The predicted molar refractivity (Wildman–Crippen MR) is 114 cm³/mol. The molecular formula is C21H20N2O5S2. The van der Waals surface area contributed by atoms with E-state index in [4.69, 9.17) is 0 Å². The molecule has 0 spiro atoms. The fourth-order valence-electron chi connectivity index (χ4n) is 2.69. The van der Waals surface area contributed by atoms with Crippen LogP contribution >= 0.6 is 0 Å². The molecule has 0 atom stereocenters. The Morgan fingerprint density at radius 3 is 1.90 bits per heavy atom. The van der Waals surface area contributed by atoms with Crippen molar-refractivity contribution in [2.45, 2.75) is 28.5 Å². The summed E-state index contributed by atoms with van der Waals surface area (Å²) in [4.78, 5) is 12.3. The van der Waals surface area contributed by atoms with Crippen LogP contribution in [0.3, 0.4) is 0 Å². The highest BCUT2D eigenvalue weighted by Crippen LogP contribution is 2.23. The molecule has 3 aromatic carbocycles. The summed E-state index contributed by atoms with van der Waals surface area (Å²) >= 11 is 0. The average Bonchev–Trinajstić information content (AvgIpc) is 2.68. The van der Waals surface area contributed by atoms with Crippen LogP contribution in [0.2, 0.25) is 0 Å². The highest BCUT2D eigenvalue weighted by atomic mass is 32.2. The van der Waals surface area contributed by atoms with E-state index in [0.29, 0.717) is 0 Å². The van der Waals surface area contributed by atoms with Crippen LogP contribution in [0.25, 0.3) is 0 Å². The molecule has 0 saturated heterocycles. The number of aryl methyl sites for hydroxylation is 2. The van der Waals surface area contributed by atoms with Gasteiger partial charge in [0, 0.05) is 5.69 Å². The van der Waals surface area contributed by atoms with Crippen LogP contribution in [-0.2, 0) is 19.9 Å². The summed E-state index contributed by atoms with van der Waals surface area (Å²) in [6, 6.07) is 17.1. The molecular weight excluding hydrogens is 424 g/mol. The normalized spacial score (nSPS) is 11.7. The first-order valence-electron chi connectivity index (χ1n) is 8.90. The third-order valence-electron chi connectivity index (χ3n) is 4.28. The number of rotatable bonds is 5. The zero-order chi connectivity index (χ0) is 21.9. The third kappa shape index (κ3) is 4.87. The fourth-order valence-corrected chi connectivity index (χ4v) is 4.96. The standard InChI is InChI=1S/C21H20N2O5S2/c1-15-6-10-19(11-7-15)30(27,28)23-21(24)22-17-8-12-18(13-9-17)29(25,26)20-5-3-4-16(2)14-20/h3-14H,1-2H3,(H2,22,23,24). The van der Waals surface area contributed by atoms with Crippen LogP contribution in [0.5, 0.6) is 0 Å². The van der Waals surface area contributed by atoms with Crippen molar-refractivity contribution >= 4 is 31.6 Å². The van der Waals surface area contributed by atoms with Crippen molar-refractivity contribution in [1.29, 1.82) is 0 Å². The highest BCUT2D eigenvalue weighted by Gasteiger charge is 2.19. The minimum absolute atomic E-state index is 0.0390. The third-order valence-corrected chi connectivity index (χ3v) is 7.39. The lowest BCUT2D eigenvalue weighted by molar-refractivity contribution is 0.256. The first kappa shape index (κ1) is 21.5. The van der Waals surface area contributed by atoms with Gasteiger partial charge < -0.3 is 5.32 Å². The number of nitrogens with one attached hydrogen (secondary N) is 2. The van der Waals surface area contributed by atoms with Gasteiger partial charge in [0.15, 0.2) is 0 Å². The Labute approximate surface area is 175 Å². The van der Waals surface area contributed by atoms with Crippen molar-refractivity contribution in [2.75, 3.05) is 5.32 Å². The number of benzene rings is 3. The van der Waals surface area contributed by atoms with E-state index >= 15 is 0 Å². The molecule has 0 aliphatic rings. The van der Waals surface area contributed by atoms with Gasteiger partial charge >= 0.3 is 6.03 Å². The van der Waals surface area contributed by atoms with Crippen LogP contribution in [0.4, 0.5) is 10.5 Å². The summed E-state index contributed by atoms with van der Waals surface area (Å²) in [5.41, 5.74) is 1.95. The van der Waals surface area contributed by atoms with E-state index < -0.39 is 25.9 Å². The summed E-state index contributed by atoms with van der Waals surface area (Å²) in [6.07, 6.45) is 0. The number of carbonyl (C=O) groups excluding carboxylic acids is 1. The van der Waals surface area contributed by atoms with E-state index in [0.717, 1.165) is 11.1 Å². The van der Waals surface area contributed by atoms with Crippen molar-refractivity contribution in [3.63, 3.8) is 0 Å². The molecule has 0 aromatic heterocycles. The molecule has 9 heteroatoms. The van der Waals surface area contributed by atoms with E-state index in [1.54, 1.807) is 37.3 Å². The summed E-state index contributed by atoms with van der Waals surface area (Å²) in [5, 5.41) is 2.38. The number of amides is 2. The number of sulfonamides is 1. The molecule has 0 bridgehead atoms. The van der Waals surface area contributed by atoms with Crippen LogP contribution in [0.1, 0.15) is 11.1 Å². The van der Waals surface area contributed by atoms with Crippen LogP contribution in [0.15, 0.2) is 87.5 Å². The topological polar surface area (TPSA) is 109 Å². The van der Waals surface area contributed by atoms with E-state index in [9.17, 15) is 21.6 Å². The molecule has 0 unspecified atom stereocenters. The number of hydrogen-bond acceptors (Lipinski definition) is 5. The Hall–Kier alpha value is -3.17.